The van der Waals surface area contributed by atoms with Crippen LogP contribution in [-0.4, -0.2) is 34.9 Å². The molecule has 0 spiro atoms. The monoisotopic (exact) mass is 374 g/mol. The summed E-state index contributed by atoms with van der Waals surface area (Å²) in [7, 11) is 0. The van der Waals surface area contributed by atoms with Crippen molar-refractivity contribution in [2.24, 2.45) is 5.73 Å². The molecule has 1 aromatic heterocycles. The van der Waals surface area contributed by atoms with E-state index in [1.54, 1.807) is 17.0 Å². The lowest BCUT2D eigenvalue weighted by atomic mass is 9.99. The molecule has 6 nitrogen and oxygen atoms in total. The van der Waals surface area contributed by atoms with Gasteiger partial charge in [-0.15, -0.1) is 0 Å². The third-order valence-corrected chi connectivity index (χ3v) is 5.06. The lowest BCUT2D eigenvalue weighted by Gasteiger charge is -2.27. The van der Waals surface area contributed by atoms with Crippen LogP contribution in [0.3, 0.4) is 0 Å². The summed E-state index contributed by atoms with van der Waals surface area (Å²) in [5, 5.41) is 4.11. The minimum Gasteiger partial charge on any atom is -0.369 e. The van der Waals surface area contributed by atoms with Crippen molar-refractivity contribution < 1.29 is 9.59 Å². The molecule has 1 aliphatic heterocycles. The molecule has 1 aliphatic rings. The number of fused-ring (bicyclic) bond motifs is 1. The number of amides is 3. The zero-order valence-electron chi connectivity index (χ0n) is 15.4. The molecule has 0 atom stereocenters. The number of aromatic amines is 1. The van der Waals surface area contributed by atoms with Crippen molar-refractivity contribution in [3.8, 4) is 0 Å². The molecule has 3 aromatic rings. The number of urea groups is 1. The van der Waals surface area contributed by atoms with Crippen molar-refractivity contribution in [3.05, 3.63) is 71.9 Å². The fourth-order valence-corrected chi connectivity index (χ4v) is 3.61. The molecule has 2 aromatic carbocycles. The number of benzene rings is 2. The number of nitrogens with zero attached hydrogens (tertiary/aromatic N) is 1. The highest BCUT2D eigenvalue weighted by Gasteiger charge is 2.20. The average Bonchev–Trinajstić information content (AvgIpc) is 3.13. The van der Waals surface area contributed by atoms with Gasteiger partial charge in [0.2, 0.25) is 5.91 Å². The fraction of sp³-hybridized carbons (Fsp3) is 0.182. The Morgan fingerprint density at radius 1 is 1.11 bits per heavy atom. The maximum Gasteiger partial charge on any atom is 0.322 e. The van der Waals surface area contributed by atoms with Gasteiger partial charge in [0.25, 0.3) is 0 Å². The lowest BCUT2D eigenvalue weighted by Crippen LogP contribution is -2.38. The minimum absolute atomic E-state index is 0.0983. The van der Waals surface area contributed by atoms with Gasteiger partial charge in [-0.1, -0.05) is 42.5 Å². The van der Waals surface area contributed by atoms with E-state index in [2.05, 4.69) is 28.5 Å². The average molecular weight is 374 g/mol. The number of carbonyl (C=O) groups excluding carboxylic acids is 2. The Morgan fingerprint density at radius 3 is 2.68 bits per heavy atom. The van der Waals surface area contributed by atoms with E-state index in [0.717, 1.165) is 17.5 Å². The molecule has 2 heterocycles. The van der Waals surface area contributed by atoms with E-state index in [1.165, 1.54) is 16.5 Å². The van der Waals surface area contributed by atoms with Crippen LogP contribution in [0.25, 0.3) is 16.5 Å². The maximum absolute atomic E-state index is 12.7. The van der Waals surface area contributed by atoms with Gasteiger partial charge in [0.05, 0.1) is 6.42 Å². The highest BCUT2D eigenvalue weighted by molar-refractivity contribution is 5.94. The predicted molar refractivity (Wildman–Crippen MR) is 111 cm³/mol. The highest BCUT2D eigenvalue weighted by atomic mass is 16.2. The van der Waals surface area contributed by atoms with Gasteiger partial charge in [-0.3, -0.25) is 4.79 Å². The van der Waals surface area contributed by atoms with Crippen molar-refractivity contribution in [3.63, 3.8) is 0 Å². The molecule has 0 fully saturated rings. The third-order valence-electron chi connectivity index (χ3n) is 5.06. The minimum atomic E-state index is -0.425. The van der Waals surface area contributed by atoms with Gasteiger partial charge >= 0.3 is 6.03 Å². The number of H-pyrrole nitrogens is 1. The molecule has 0 radical (unpaired) electrons. The topological polar surface area (TPSA) is 91.2 Å². The van der Waals surface area contributed by atoms with E-state index in [9.17, 15) is 9.59 Å². The van der Waals surface area contributed by atoms with Crippen molar-refractivity contribution in [1.29, 1.82) is 0 Å². The van der Waals surface area contributed by atoms with Gasteiger partial charge in [0.15, 0.2) is 0 Å². The van der Waals surface area contributed by atoms with E-state index in [4.69, 9.17) is 5.73 Å². The fourth-order valence-electron chi connectivity index (χ4n) is 3.61. The Kier molecular flexibility index (Phi) is 4.85. The quantitative estimate of drug-likeness (QED) is 0.652. The second-order valence-electron chi connectivity index (χ2n) is 6.90. The maximum atomic E-state index is 12.7. The first kappa shape index (κ1) is 17.9. The summed E-state index contributed by atoms with van der Waals surface area (Å²) in [4.78, 5) is 29.0. The number of hydrogen-bond donors (Lipinski definition) is 3. The SMILES string of the molecule is NC(=O)Cc1ccccc1NC(=O)N1CC=C(c2c[nH]c3ccccc23)CC1. The first-order valence-electron chi connectivity index (χ1n) is 9.29. The molecule has 3 amide bonds. The smallest absolute Gasteiger partial charge is 0.322 e. The van der Waals surface area contributed by atoms with Gasteiger partial charge in [-0.05, 0) is 29.7 Å². The number of carbonyl (C=O) groups is 2. The predicted octanol–water partition coefficient (Wildman–Crippen LogP) is 3.52. The number of para-hydroxylation sites is 2. The summed E-state index contributed by atoms with van der Waals surface area (Å²) in [5.74, 6) is -0.425. The van der Waals surface area contributed by atoms with Gasteiger partial charge < -0.3 is 20.9 Å². The second kappa shape index (κ2) is 7.60. The number of nitrogens with one attached hydrogen (secondary N) is 2. The molecule has 0 saturated carbocycles. The van der Waals surface area contributed by atoms with Crippen LogP contribution >= 0.6 is 0 Å². The molecular formula is C22H22N4O2. The van der Waals surface area contributed by atoms with Crippen LogP contribution in [0.1, 0.15) is 17.5 Å². The van der Waals surface area contributed by atoms with Crippen LogP contribution in [0.15, 0.2) is 60.8 Å². The zero-order chi connectivity index (χ0) is 19.5. The standard InChI is InChI=1S/C22H22N4O2/c23-21(27)13-16-5-1-3-7-19(16)25-22(28)26-11-9-15(10-12-26)18-14-24-20-8-4-2-6-17(18)20/h1-9,14,24H,10-13H2,(H2,23,27)(H,25,28). The summed E-state index contributed by atoms with van der Waals surface area (Å²) in [5.41, 5.74) is 10.2. The third kappa shape index (κ3) is 3.62. The summed E-state index contributed by atoms with van der Waals surface area (Å²) < 4.78 is 0. The van der Waals surface area contributed by atoms with Crippen LogP contribution in [0.4, 0.5) is 10.5 Å². The lowest BCUT2D eigenvalue weighted by molar-refractivity contribution is -0.117. The van der Waals surface area contributed by atoms with Crippen molar-refractivity contribution in [2.45, 2.75) is 12.8 Å². The summed E-state index contributed by atoms with van der Waals surface area (Å²) >= 11 is 0. The number of nitrogens with two attached hydrogens (primary N) is 1. The van der Waals surface area contributed by atoms with Crippen molar-refractivity contribution in [2.75, 3.05) is 18.4 Å². The molecule has 28 heavy (non-hydrogen) atoms. The van der Waals surface area contributed by atoms with Gasteiger partial charge in [0, 0.05) is 41.4 Å². The van der Waals surface area contributed by atoms with Gasteiger partial charge in [-0.2, -0.15) is 0 Å². The van der Waals surface area contributed by atoms with E-state index >= 15 is 0 Å². The highest BCUT2D eigenvalue weighted by Crippen LogP contribution is 2.29. The van der Waals surface area contributed by atoms with Crippen molar-refractivity contribution >= 4 is 34.1 Å². The Balaban J connectivity index is 1.46. The number of rotatable bonds is 4. The molecule has 0 bridgehead atoms. The number of anilines is 1. The molecule has 6 heteroatoms. The van der Waals surface area contributed by atoms with Crippen LogP contribution in [-0.2, 0) is 11.2 Å². The van der Waals surface area contributed by atoms with E-state index in [1.807, 2.05) is 30.5 Å². The largest absolute Gasteiger partial charge is 0.369 e. The van der Waals surface area contributed by atoms with Crippen molar-refractivity contribution in [1.82, 2.24) is 9.88 Å². The first-order chi connectivity index (χ1) is 13.6. The van der Waals surface area contributed by atoms with E-state index in [-0.39, 0.29) is 12.5 Å². The molecule has 4 N–H and O–H groups in total. The summed E-state index contributed by atoms with van der Waals surface area (Å²) in [6.07, 6.45) is 5.03. The first-order valence-corrected chi connectivity index (χ1v) is 9.29. The molecule has 4 rings (SSSR count). The Hall–Kier alpha value is -3.54. The Labute approximate surface area is 163 Å². The van der Waals surface area contributed by atoms with Crippen LogP contribution < -0.4 is 11.1 Å². The normalized spacial score (nSPS) is 14.0. The molecule has 0 saturated heterocycles. The number of primary amides is 1. The molecule has 0 aliphatic carbocycles. The zero-order valence-corrected chi connectivity index (χ0v) is 15.4. The molecule has 142 valence electrons. The van der Waals surface area contributed by atoms with Crippen LogP contribution in [0, 0.1) is 0 Å². The number of aromatic nitrogens is 1. The van der Waals surface area contributed by atoms with Crippen LogP contribution in [0.5, 0.6) is 0 Å². The molecule has 0 unspecified atom stereocenters. The second-order valence-corrected chi connectivity index (χ2v) is 6.90. The summed E-state index contributed by atoms with van der Waals surface area (Å²) in [6, 6.07) is 15.3. The number of hydrogen-bond acceptors (Lipinski definition) is 2. The van der Waals surface area contributed by atoms with E-state index in [0.29, 0.717) is 18.8 Å². The Bertz CT molecular complexity index is 1070. The van der Waals surface area contributed by atoms with Gasteiger partial charge in [-0.25, -0.2) is 4.79 Å². The molecular weight excluding hydrogens is 352 g/mol. The summed E-state index contributed by atoms with van der Waals surface area (Å²) in [6.45, 7) is 1.17. The van der Waals surface area contributed by atoms with E-state index < -0.39 is 5.91 Å². The Morgan fingerprint density at radius 2 is 1.89 bits per heavy atom. The van der Waals surface area contributed by atoms with Gasteiger partial charge in [0.1, 0.15) is 0 Å². The van der Waals surface area contributed by atoms with Crippen LogP contribution in [0.2, 0.25) is 0 Å².